The van der Waals surface area contributed by atoms with Gasteiger partial charge in [-0.25, -0.2) is 17.9 Å². The van der Waals surface area contributed by atoms with Gasteiger partial charge >= 0.3 is 5.97 Å². The molecule has 1 aliphatic carbocycles. The van der Waals surface area contributed by atoms with Crippen LogP contribution in [0.25, 0.3) is 0 Å². The van der Waals surface area contributed by atoms with Crippen molar-refractivity contribution in [2.75, 3.05) is 13.1 Å². The van der Waals surface area contributed by atoms with Crippen LogP contribution in [0, 0.1) is 6.92 Å². The molecule has 4 N–H and O–H groups in total. The van der Waals surface area contributed by atoms with Crippen LogP contribution >= 0.6 is 0 Å². The van der Waals surface area contributed by atoms with Crippen molar-refractivity contribution in [3.63, 3.8) is 0 Å². The van der Waals surface area contributed by atoms with E-state index < -0.39 is 56.3 Å². The Bertz CT molecular complexity index is 1410. The second-order valence-corrected chi connectivity index (χ2v) is 11.4. The van der Waals surface area contributed by atoms with Crippen LogP contribution in [0.3, 0.4) is 0 Å². The van der Waals surface area contributed by atoms with Gasteiger partial charge in [0.2, 0.25) is 21.4 Å². The number of carboxylic acids is 1. The van der Waals surface area contributed by atoms with Gasteiger partial charge in [-0.2, -0.15) is 0 Å². The lowest BCUT2D eigenvalue weighted by atomic mass is 9.95. The summed E-state index contributed by atoms with van der Waals surface area (Å²) in [6, 6.07) is 5.00. The molecule has 13 heteroatoms. The lowest BCUT2D eigenvalue weighted by Crippen LogP contribution is -2.58. The Labute approximate surface area is 219 Å². The molecule has 2 aliphatic rings. The number of aromatic nitrogens is 1. The Morgan fingerprint density at radius 3 is 2.37 bits per heavy atom. The Balaban J connectivity index is 1.61. The Kier molecular flexibility index (Phi) is 7.88. The molecule has 2 amide bonds. The maximum absolute atomic E-state index is 13.4. The molecule has 2 heterocycles. The number of pyridine rings is 1. The van der Waals surface area contributed by atoms with Crippen LogP contribution in [0.1, 0.15) is 58.5 Å². The first-order chi connectivity index (χ1) is 18.0. The van der Waals surface area contributed by atoms with Gasteiger partial charge in [-0.3, -0.25) is 14.4 Å². The minimum Gasteiger partial charge on any atom is -0.503 e. The largest absolute Gasteiger partial charge is 0.503 e. The predicted octanol–water partition coefficient (Wildman–Crippen LogP) is 0.812. The number of nitrogens with one attached hydrogen (secondary N) is 2. The van der Waals surface area contributed by atoms with Gasteiger partial charge in [-0.05, 0) is 31.9 Å². The molecule has 0 radical (unpaired) electrons. The first-order valence-electron chi connectivity index (χ1n) is 12.4. The molecular formula is C25H30N4O8S. The van der Waals surface area contributed by atoms with Crippen molar-refractivity contribution >= 4 is 27.8 Å². The molecule has 0 spiro atoms. The average molecular weight is 547 g/mol. The fraction of sp³-hybridized carbons (Fsp3) is 0.440. The van der Waals surface area contributed by atoms with Crippen molar-refractivity contribution in [3.8, 4) is 5.75 Å². The van der Waals surface area contributed by atoms with Crippen molar-refractivity contribution < 1.29 is 33.0 Å². The maximum atomic E-state index is 13.4. The number of hydrogen-bond donors (Lipinski definition) is 4. The first-order valence-corrected chi connectivity index (χ1v) is 13.9. The highest BCUT2D eigenvalue weighted by Gasteiger charge is 2.40. The summed E-state index contributed by atoms with van der Waals surface area (Å²) in [5.41, 5.74) is -1.52. The minimum atomic E-state index is -3.90. The molecule has 0 bridgehead atoms. The Morgan fingerprint density at radius 2 is 1.74 bits per heavy atom. The number of fused-ring (bicyclic) bond motifs is 1. The molecule has 1 aromatic carbocycles. The van der Waals surface area contributed by atoms with E-state index in [1.807, 2.05) is 6.92 Å². The van der Waals surface area contributed by atoms with Crippen LogP contribution in [0.2, 0.25) is 0 Å². The average Bonchev–Trinajstić information content (AvgIpc) is 2.87. The molecule has 1 aromatic heterocycles. The van der Waals surface area contributed by atoms with Gasteiger partial charge in [0.05, 0.1) is 11.4 Å². The van der Waals surface area contributed by atoms with Crippen LogP contribution < -0.4 is 15.5 Å². The summed E-state index contributed by atoms with van der Waals surface area (Å²) in [7, 11) is -3.90. The number of carbonyl (C=O) groups excluding carboxylic acids is 2. The zero-order valence-electron chi connectivity index (χ0n) is 20.8. The number of benzene rings is 1. The van der Waals surface area contributed by atoms with Gasteiger partial charge < -0.3 is 25.0 Å². The summed E-state index contributed by atoms with van der Waals surface area (Å²) >= 11 is 0. The van der Waals surface area contributed by atoms with E-state index in [1.54, 1.807) is 12.1 Å². The van der Waals surface area contributed by atoms with Crippen LogP contribution in [-0.4, -0.2) is 71.1 Å². The van der Waals surface area contributed by atoms with E-state index in [0.717, 1.165) is 53.3 Å². The highest BCUT2D eigenvalue weighted by atomic mass is 32.2. The lowest BCUT2D eigenvalue weighted by molar-refractivity contribution is -0.127. The molecule has 204 valence electrons. The summed E-state index contributed by atoms with van der Waals surface area (Å²) in [5, 5.41) is 22.7. The molecule has 1 atom stereocenters. The van der Waals surface area contributed by atoms with E-state index in [-0.39, 0.29) is 30.6 Å². The number of hydrogen-bond acceptors (Lipinski definition) is 7. The summed E-state index contributed by atoms with van der Waals surface area (Å²) in [4.78, 5) is 51.7. The summed E-state index contributed by atoms with van der Waals surface area (Å²) in [5.74, 6) is -3.98. The fourth-order valence-corrected chi connectivity index (χ4v) is 5.88. The lowest BCUT2D eigenvalue weighted by Gasteiger charge is -2.38. The summed E-state index contributed by atoms with van der Waals surface area (Å²) in [6.07, 6.45) is 5.50. The van der Waals surface area contributed by atoms with Crippen molar-refractivity contribution in [3.05, 3.63) is 57.5 Å². The third-order valence-corrected chi connectivity index (χ3v) is 8.40. The van der Waals surface area contributed by atoms with Gasteiger partial charge in [-0.1, -0.05) is 37.0 Å². The molecule has 1 aliphatic heterocycles. The second-order valence-electron chi connectivity index (χ2n) is 9.60. The van der Waals surface area contributed by atoms with E-state index in [4.69, 9.17) is 0 Å². The van der Waals surface area contributed by atoms with E-state index in [0.29, 0.717) is 0 Å². The van der Waals surface area contributed by atoms with E-state index in [2.05, 4.69) is 10.0 Å². The van der Waals surface area contributed by atoms with Crippen molar-refractivity contribution in [1.29, 1.82) is 0 Å². The predicted molar refractivity (Wildman–Crippen MR) is 136 cm³/mol. The zero-order valence-corrected chi connectivity index (χ0v) is 21.7. The SMILES string of the molecule is Cc1ccc(S(=O)(=O)NCCN2C(=O)c3c(O)c(=O)c(C(=O)O)cn3C[C@@H]2C(=O)NC2CCCCC2)cc1. The van der Waals surface area contributed by atoms with Gasteiger partial charge in [-0.15, -0.1) is 0 Å². The van der Waals surface area contributed by atoms with E-state index in [9.17, 15) is 37.8 Å². The number of nitrogens with zero attached hydrogens (tertiary/aromatic N) is 2. The quantitative estimate of drug-likeness (QED) is 0.376. The van der Waals surface area contributed by atoms with Crippen LogP contribution in [0.15, 0.2) is 40.2 Å². The normalized spacial score (nSPS) is 18.2. The third kappa shape index (κ3) is 5.58. The van der Waals surface area contributed by atoms with Crippen molar-refractivity contribution in [2.24, 2.45) is 0 Å². The van der Waals surface area contributed by atoms with Gasteiger partial charge in [0.15, 0.2) is 11.4 Å². The number of sulfonamides is 1. The smallest absolute Gasteiger partial charge is 0.341 e. The topological polar surface area (TPSA) is 175 Å². The summed E-state index contributed by atoms with van der Waals surface area (Å²) in [6.45, 7) is 1.12. The number of aromatic carboxylic acids is 1. The van der Waals surface area contributed by atoms with Gasteiger partial charge in [0.25, 0.3) is 5.91 Å². The molecule has 12 nitrogen and oxygen atoms in total. The number of amides is 2. The van der Waals surface area contributed by atoms with Crippen molar-refractivity contribution in [2.45, 2.75) is 62.6 Å². The Morgan fingerprint density at radius 1 is 1.08 bits per heavy atom. The third-order valence-electron chi connectivity index (χ3n) is 6.93. The van der Waals surface area contributed by atoms with Crippen LogP contribution in [0.4, 0.5) is 0 Å². The number of carbonyl (C=O) groups is 3. The molecule has 4 rings (SSSR count). The highest BCUT2D eigenvalue weighted by molar-refractivity contribution is 7.89. The standard InChI is InChI=1S/C25H30N4O8S/c1-15-7-9-17(10-8-15)38(36,37)26-11-12-29-19(23(32)27-16-5-3-2-4-6-16)14-28-13-18(25(34)35)21(30)22(31)20(28)24(29)33/h7-10,13,16,19,26,31H,2-6,11-12,14H2,1H3,(H,27,32)(H,34,35)/t19-/m1/s1. The number of aryl methyl sites for hydroxylation is 1. The number of aromatic hydroxyl groups is 1. The molecule has 2 aromatic rings. The monoisotopic (exact) mass is 546 g/mol. The molecule has 1 saturated carbocycles. The zero-order chi connectivity index (χ0) is 27.6. The fourth-order valence-electron chi connectivity index (χ4n) is 4.86. The highest BCUT2D eigenvalue weighted by Crippen LogP contribution is 2.25. The molecular weight excluding hydrogens is 516 g/mol. The molecule has 38 heavy (non-hydrogen) atoms. The molecule has 0 unspecified atom stereocenters. The first kappa shape index (κ1) is 27.3. The van der Waals surface area contributed by atoms with E-state index >= 15 is 0 Å². The molecule has 1 fully saturated rings. The van der Waals surface area contributed by atoms with Gasteiger partial charge in [0.1, 0.15) is 11.6 Å². The van der Waals surface area contributed by atoms with Crippen molar-refractivity contribution in [1.82, 2.24) is 19.5 Å². The minimum absolute atomic E-state index is 0.0374. The number of rotatable bonds is 8. The Hall–Kier alpha value is -3.71. The summed E-state index contributed by atoms with van der Waals surface area (Å²) < 4.78 is 28.9. The van der Waals surface area contributed by atoms with Crippen LogP contribution in [-0.2, 0) is 21.4 Å². The van der Waals surface area contributed by atoms with Crippen LogP contribution in [0.5, 0.6) is 5.75 Å². The number of carboxylic acid groups (broad SMARTS) is 1. The maximum Gasteiger partial charge on any atom is 0.341 e. The van der Waals surface area contributed by atoms with E-state index in [1.165, 1.54) is 12.1 Å². The van der Waals surface area contributed by atoms with Gasteiger partial charge in [0, 0.05) is 25.3 Å². The second kappa shape index (κ2) is 11.0. The molecule has 0 saturated heterocycles.